The molecule has 1 saturated heterocycles. The van der Waals surface area contributed by atoms with Gasteiger partial charge in [0.1, 0.15) is 0 Å². The Labute approximate surface area is 97.3 Å². The molecule has 1 unspecified atom stereocenters. The Morgan fingerprint density at radius 1 is 1.62 bits per heavy atom. The van der Waals surface area contributed by atoms with Crippen molar-refractivity contribution in [2.24, 2.45) is 5.73 Å². The van der Waals surface area contributed by atoms with Gasteiger partial charge >= 0.3 is 0 Å². The normalized spacial score (nSPS) is 22.0. The third kappa shape index (κ3) is 4.47. The molecule has 94 valence electrons. The lowest BCUT2D eigenvalue weighted by Gasteiger charge is -2.34. The van der Waals surface area contributed by atoms with E-state index in [4.69, 9.17) is 10.5 Å². The lowest BCUT2D eigenvalue weighted by Crippen LogP contribution is -2.52. The zero-order valence-corrected chi connectivity index (χ0v) is 10.1. The predicted molar refractivity (Wildman–Crippen MR) is 63.2 cm³/mol. The minimum Gasteiger partial charge on any atom is -0.378 e. The van der Waals surface area contributed by atoms with Crippen molar-refractivity contribution in [3.8, 4) is 0 Å². The summed E-state index contributed by atoms with van der Waals surface area (Å²) >= 11 is 0. The molecule has 0 aromatic rings. The maximum Gasteiger partial charge on any atom is 0.234 e. The number of nitrogens with two attached hydrogens (primary N) is 1. The third-order valence-electron chi connectivity index (χ3n) is 2.82. The summed E-state index contributed by atoms with van der Waals surface area (Å²) in [4.78, 5) is 13.7. The van der Waals surface area contributed by atoms with Gasteiger partial charge < -0.3 is 15.8 Å². The maximum atomic E-state index is 11.6. The Hall–Kier alpha value is -0.650. The van der Waals surface area contributed by atoms with Gasteiger partial charge in [0, 0.05) is 25.7 Å². The van der Waals surface area contributed by atoms with Crippen LogP contribution < -0.4 is 11.1 Å². The molecule has 0 aromatic carbocycles. The van der Waals surface area contributed by atoms with Crippen LogP contribution in [0.2, 0.25) is 0 Å². The van der Waals surface area contributed by atoms with Crippen molar-refractivity contribution in [3.05, 3.63) is 0 Å². The van der Waals surface area contributed by atoms with Gasteiger partial charge in [0.15, 0.2) is 0 Å². The van der Waals surface area contributed by atoms with Gasteiger partial charge in [0.25, 0.3) is 0 Å². The Morgan fingerprint density at radius 3 is 3.12 bits per heavy atom. The molecular weight excluding hydrogens is 206 g/mol. The third-order valence-corrected chi connectivity index (χ3v) is 2.82. The largest absolute Gasteiger partial charge is 0.378 e. The van der Waals surface area contributed by atoms with Gasteiger partial charge in [-0.05, 0) is 6.42 Å². The smallest absolute Gasteiger partial charge is 0.234 e. The summed E-state index contributed by atoms with van der Waals surface area (Å²) in [7, 11) is 0. The standard InChI is InChI=1S/C11H23N3O2/c1-2-3-4-13-11(15)8-14-5-6-16-9-10(14)7-12/h10H,2-9,12H2,1H3,(H,13,15). The van der Waals surface area contributed by atoms with E-state index in [1.54, 1.807) is 0 Å². The second kappa shape index (κ2) is 7.60. The van der Waals surface area contributed by atoms with E-state index in [0.29, 0.717) is 26.3 Å². The van der Waals surface area contributed by atoms with Gasteiger partial charge in [-0.15, -0.1) is 0 Å². The number of carbonyl (C=O) groups excluding carboxylic acids is 1. The van der Waals surface area contributed by atoms with Crippen molar-refractivity contribution < 1.29 is 9.53 Å². The molecule has 0 radical (unpaired) electrons. The van der Waals surface area contributed by atoms with Crippen LogP contribution in [0.4, 0.5) is 0 Å². The highest BCUT2D eigenvalue weighted by atomic mass is 16.5. The second-order valence-electron chi connectivity index (χ2n) is 4.14. The summed E-state index contributed by atoms with van der Waals surface area (Å²) in [6, 6.07) is 0.186. The Kier molecular flexibility index (Phi) is 6.37. The number of hydrogen-bond acceptors (Lipinski definition) is 4. The first-order valence-electron chi connectivity index (χ1n) is 6.06. The highest BCUT2D eigenvalue weighted by Crippen LogP contribution is 2.04. The summed E-state index contributed by atoms with van der Waals surface area (Å²) in [5, 5.41) is 2.91. The highest BCUT2D eigenvalue weighted by Gasteiger charge is 2.23. The summed E-state index contributed by atoms with van der Waals surface area (Å²) in [5.74, 6) is 0.0915. The van der Waals surface area contributed by atoms with Crippen LogP contribution in [0.15, 0.2) is 0 Å². The van der Waals surface area contributed by atoms with Crippen LogP contribution in [0.25, 0.3) is 0 Å². The van der Waals surface area contributed by atoms with Crippen LogP contribution in [0.3, 0.4) is 0 Å². The van der Waals surface area contributed by atoms with Gasteiger partial charge in [-0.2, -0.15) is 0 Å². The first-order chi connectivity index (χ1) is 7.77. The van der Waals surface area contributed by atoms with Crippen LogP contribution in [0, 0.1) is 0 Å². The summed E-state index contributed by atoms with van der Waals surface area (Å²) < 4.78 is 5.33. The fraction of sp³-hybridized carbons (Fsp3) is 0.909. The van der Waals surface area contributed by atoms with Crippen molar-refractivity contribution in [2.45, 2.75) is 25.8 Å². The topological polar surface area (TPSA) is 67.6 Å². The fourth-order valence-corrected chi connectivity index (χ4v) is 1.76. The zero-order valence-electron chi connectivity index (χ0n) is 10.1. The van der Waals surface area contributed by atoms with E-state index in [2.05, 4.69) is 17.1 Å². The van der Waals surface area contributed by atoms with Crippen LogP contribution in [-0.4, -0.2) is 56.2 Å². The minimum absolute atomic E-state index is 0.0915. The van der Waals surface area contributed by atoms with Crippen molar-refractivity contribution in [1.82, 2.24) is 10.2 Å². The van der Waals surface area contributed by atoms with Crippen molar-refractivity contribution >= 4 is 5.91 Å². The van der Waals surface area contributed by atoms with Gasteiger partial charge in [-0.1, -0.05) is 13.3 Å². The highest BCUT2D eigenvalue weighted by molar-refractivity contribution is 5.78. The number of unbranched alkanes of at least 4 members (excludes halogenated alkanes) is 1. The molecule has 1 rings (SSSR count). The molecule has 0 saturated carbocycles. The number of rotatable bonds is 6. The van der Waals surface area contributed by atoms with Crippen LogP contribution >= 0.6 is 0 Å². The predicted octanol–water partition coefficient (Wildman–Crippen LogP) is -0.438. The molecule has 5 heteroatoms. The summed E-state index contributed by atoms with van der Waals surface area (Å²) in [6.07, 6.45) is 2.14. The SMILES string of the molecule is CCCCNC(=O)CN1CCOCC1CN. The Balaban J connectivity index is 2.25. The van der Waals surface area contributed by atoms with E-state index in [9.17, 15) is 4.79 Å². The molecule has 0 spiro atoms. The first-order valence-corrected chi connectivity index (χ1v) is 6.06. The van der Waals surface area contributed by atoms with E-state index in [1.165, 1.54) is 0 Å². The Morgan fingerprint density at radius 2 is 2.44 bits per heavy atom. The molecule has 1 atom stereocenters. The van der Waals surface area contributed by atoms with Gasteiger partial charge in [-0.3, -0.25) is 9.69 Å². The van der Waals surface area contributed by atoms with Crippen LogP contribution in [-0.2, 0) is 9.53 Å². The number of ether oxygens (including phenoxy) is 1. The van der Waals surface area contributed by atoms with Crippen molar-refractivity contribution in [1.29, 1.82) is 0 Å². The fourth-order valence-electron chi connectivity index (χ4n) is 1.76. The van der Waals surface area contributed by atoms with Gasteiger partial charge in [0.05, 0.1) is 19.8 Å². The quantitative estimate of drug-likeness (QED) is 0.606. The molecule has 1 aliphatic heterocycles. The van der Waals surface area contributed by atoms with Gasteiger partial charge in [0.2, 0.25) is 5.91 Å². The average molecular weight is 229 g/mol. The molecule has 1 fully saturated rings. The zero-order chi connectivity index (χ0) is 11.8. The van der Waals surface area contributed by atoms with Crippen molar-refractivity contribution in [3.63, 3.8) is 0 Å². The number of carbonyl (C=O) groups is 1. The van der Waals surface area contributed by atoms with E-state index in [-0.39, 0.29) is 11.9 Å². The number of hydrogen-bond donors (Lipinski definition) is 2. The van der Waals surface area contributed by atoms with Crippen LogP contribution in [0.1, 0.15) is 19.8 Å². The summed E-state index contributed by atoms with van der Waals surface area (Å²) in [6.45, 7) is 5.99. The summed E-state index contributed by atoms with van der Waals surface area (Å²) in [5.41, 5.74) is 5.64. The molecule has 1 heterocycles. The lowest BCUT2D eigenvalue weighted by molar-refractivity contribution is -0.124. The molecule has 16 heavy (non-hydrogen) atoms. The maximum absolute atomic E-state index is 11.6. The van der Waals surface area contributed by atoms with E-state index >= 15 is 0 Å². The molecule has 1 aliphatic rings. The number of nitrogens with zero attached hydrogens (tertiary/aromatic N) is 1. The molecule has 0 aliphatic carbocycles. The van der Waals surface area contributed by atoms with Gasteiger partial charge in [-0.25, -0.2) is 0 Å². The number of nitrogens with one attached hydrogen (secondary N) is 1. The van der Waals surface area contributed by atoms with E-state index < -0.39 is 0 Å². The average Bonchev–Trinajstić information content (AvgIpc) is 2.30. The Bertz CT molecular complexity index is 211. The van der Waals surface area contributed by atoms with Crippen molar-refractivity contribution in [2.75, 3.05) is 39.4 Å². The molecule has 3 N–H and O–H groups in total. The molecule has 0 bridgehead atoms. The molecule has 0 aromatic heterocycles. The van der Waals surface area contributed by atoms with Crippen LogP contribution in [0.5, 0.6) is 0 Å². The lowest BCUT2D eigenvalue weighted by atomic mass is 10.2. The van der Waals surface area contributed by atoms with E-state index in [1.807, 2.05) is 0 Å². The van der Waals surface area contributed by atoms with E-state index in [0.717, 1.165) is 25.9 Å². The molecule has 1 amide bonds. The monoisotopic (exact) mass is 229 g/mol. The minimum atomic E-state index is 0.0915. The molecule has 5 nitrogen and oxygen atoms in total. The number of morpholine rings is 1. The first kappa shape index (κ1) is 13.4. The second-order valence-corrected chi connectivity index (χ2v) is 4.14. The number of amides is 1. The molecular formula is C11H23N3O2.